The molecular formula is C23H25N3O4. The van der Waals surface area contributed by atoms with Gasteiger partial charge in [0.25, 0.3) is 0 Å². The van der Waals surface area contributed by atoms with Crippen molar-refractivity contribution in [1.82, 2.24) is 4.98 Å². The van der Waals surface area contributed by atoms with E-state index in [-0.39, 0.29) is 14.1 Å². The van der Waals surface area contributed by atoms with Crippen molar-refractivity contribution in [3.63, 3.8) is 0 Å². The van der Waals surface area contributed by atoms with Gasteiger partial charge in [-0.25, -0.2) is 0 Å². The molecule has 3 aromatic rings. The van der Waals surface area contributed by atoms with Gasteiger partial charge in [-0.1, -0.05) is 6.07 Å². The largest absolute Gasteiger partial charge is 0.454 e. The molecule has 2 aliphatic rings. The SMILES string of the molecule is CC(C)(C(N)=O)c1cc2cc(NC(=O)C3(c4ccc5c(c4)OCO5)CC3)ccc2[nH]1.[HH]. The molecular weight excluding hydrogens is 382 g/mol. The molecule has 0 saturated heterocycles. The number of benzene rings is 2. The maximum atomic E-state index is 13.1. The maximum Gasteiger partial charge on any atom is 0.235 e. The van der Waals surface area contributed by atoms with Crippen LogP contribution in [-0.2, 0) is 20.4 Å². The van der Waals surface area contributed by atoms with Crippen molar-refractivity contribution in [1.29, 1.82) is 0 Å². The average Bonchev–Trinajstić information content (AvgIpc) is 3.19. The van der Waals surface area contributed by atoms with Crippen LogP contribution in [0, 0.1) is 0 Å². The number of fused-ring (bicyclic) bond motifs is 2. The summed E-state index contributed by atoms with van der Waals surface area (Å²) in [6.45, 7) is 3.78. The Hall–Kier alpha value is -3.48. The molecule has 0 unspecified atom stereocenters. The van der Waals surface area contributed by atoms with Crippen LogP contribution in [0.1, 0.15) is 39.4 Å². The summed E-state index contributed by atoms with van der Waals surface area (Å²) in [5, 5.41) is 3.96. The standard InChI is InChI=1S/C23H23N3O4.H2/c1-22(2,20(24)27)19-10-13-9-15(4-5-16(13)26-19)25-21(28)23(7-8-23)14-3-6-17-18(11-14)30-12-29-17;/h3-6,9-11,26H,7-8,12H2,1-2H3,(H2,24,27)(H,25,28);1H. The zero-order valence-corrected chi connectivity index (χ0v) is 16.9. The molecule has 4 N–H and O–H groups in total. The second kappa shape index (κ2) is 6.26. The lowest BCUT2D eigenvalue weighted by Gasteiger charge is -2.18. The number of hydrogen-bond acceptors (Lipinski definition) is 4. The van der Waals surface area contributed by atoms with E-state index in [1.807, 2.05) is 42.5 Å². The Labute approximate surface area is 175 Å². The Morgan fingerprint density at radius 1 is 1.10 bits per heavy atom. The molecule has 1 aliphatic carbocycles. The van der Waals surface area contributed by atoms with Gasteiger partial charge < -0.3 is 25.5 Å². The van der Waals surface area contributed by atoms with Gasteiger partial charge in [0.15, 0.2) is 11.5 Å². The topological polar surface area (TPSA) is 106 Å². The summed E-state index contributed by atoms with van der Waals surface area (Å²) in [6.07, 6.45) is 1.59. The van der Waals surface area contributed by atoms with E-state index < -0.39 is 16.7 Å². The second-order valence-corrected chi connectivity index (χ2v) is 8.58. The number of carbonyl (C=O) groups is 2. The molecule has 1 aliphatic heterocycles. The molecule has 0 bridgehead atoms. The van der Waals surface area contributed by atoms with E-state index in [9.17, 15) is 9.59 Å². The minimum atomic E-state index is -0.806. The highest BCUT2D eigenvalue weighted by Gasteiger charge is 2.51. The van der Waals surface area contributed by atoms with Crippen LogP contribution in [0.25, 0.3) is 10.9 Å². The van der Waals surface area contributed by atoms with Crippen molar-refractivity contribution >= 4 is 28.4 Å². The molecule has 30 heavy (non-hydrogen) atoms. The van der Waals surface area contributed by atoms with Crippen LogP contribution in [0.2, 0.25) is 0 Å². The van der Waals surface area contributed by atoms with Gasteiger partial charge in [-0.2, -0.15) is 0 Å². The smallest absolute Gasteiger partial charge is 0.235 e. The molecule has 7 heteroatoms. The Morgan fingerprint density at radius 3 is 2.60 bits per heavy atom. The number of primary amides is 1. The third-order valence-electron chi connectivity index (χ3n) is 6.28. The quantitative estimate of drug-likeness (QED) is 0.601. The normalized spacial score (nSPS) is 16.5. The Morgan fingerprint density at radius 2 is 1.87 bits per heavy atom. The van der Waals surface area contributed by atoms with Crippen LogP contribution < -0.4 is 20.5 Å². The van der Waals surface area contributed by atoms with E-state index in [0.29, 0.717) is 17.2 Å². The van der Waals surface area contributed by atoms with Gasteiger partial charge in [0.1, 0.15) is 0 Å². The minimum absolute atomic E-state index is 0. The molecule has 1 saturated carbocycles. The number of ether oxygens (including phenoxy) is 2. The monoisotopic (exact) mass is 407 g/mol. The van der Waals surface area contributed by atoms with Gasteiger partial charge in [-0.05, 0) is 68.7 Å². The molecule has 2 heterocycles. The fraction of sp³-hybridized carbons (Fsp3) is 0.304. The summed E-state index contributed by atoms with van der Waals surface area (Å²) in [5.41, 5.74) is 7.47. The lowest BCUT2D eigenvalue weighted by Crippen LogP contribution is -2.35. The lowest BCUT2D eigenvalue weighted by atomic mass is 9.89. The van der Waals surface area contributed by atoms with Gasteiger partial charge in [0.2, 0.25) is 18.6 Å². The third kappa shape index (κ3) is 2.81. The van der Waals surface area contributed by atoms with Crippen molar-refractivity contribution in [2.75, 3.05) is 12.1 Å². The first-order chi connectivity index (χ1) is 14.3. The van der Waals surface area contributed by atoms with Crippen molar-refractivity contribution in [2.45, 2.75) is 37.5 Å². The van der Waals surface area contributed by atoms with Crippen molar-refractivity contribution in [2.24, 2.45) is 5.73 Å². The zero-order valence-electron chi connectivity index (χ0n) is 16.9. The number of aromatic nitrogens is 1. The average molecular weight is 407 g/mol. The van der Waals surface area contributed by atoms with Crippen LogP contribution >= 0.6 is 0 Å². The number of nitrogens with two attached hydrogens (primary N) is 1. The van der Waals surface area contributed by atoms with Crippen LogP contribution in [0.3, 0.4) is 0 Å². The first-order valence-electron chi connectivity index (χ1n) is 9.94. The molecule has 156 valence electrons. The van der Waals surface area contributed by atoms with E-state index in [4.69, 9.17) is 15.2 Å². The number of H-pyrrole nitrogens is 1. The lowest BCUT2D eigenvalue weighted by molar-refractivity contribution is -0.122. The molecule has 0 spiro atoms. The van der Waals surface area contributed by atoms with Crippen LogP contribution in [0.5, 0.6) is 11.5 Å². The van der Waals surface area contributed by atoms with Crippen molar-refractivity contribution < 1.29 is 20.5 Å². The minimum Gasteiger partial charge on any atom is -0.454 e. The van der Waals surface area contributed by atoms with Crippen LogP contribution in [0.15, 0.2) is 42.5 Å². The van der Waals surface area contributed by atoms with Gasteiger partial charge in [-0.3, -0.25) is 9.59 Å². The summed E-state index contributed by atoms with van der Waals surface area (Å²) in [4.78, 5) is 28.1. The number of aromatic amines is 1. The highest BCUT2D eigenvalue weighted by atomic mass is 16.7. The van der Waals surface area contributed by atoms with E-state index in [2.05, 4.69) is 10.3 Å². The second-order valence-electron chi connectivity index (χ2n) is 8.58. The van der Waals surface area contributed by atoms with Crippen molar-refractivity contribution in [3.05, 3.63) is 53.7 Å². The summed E-state index contributed by atoms with van der Waals surface area (Å²) in [6, 6.07) is 13.3. The van der Waals surface area contributed by atoms with E-state index in [0.717, 1.165) is 35.0 Å². The molecule has 0 atom stereocenters. The Balaban J connectivity index is 0.00000231. The van der Waals surface area contributed by atoms with Gasteiger partial charge in [-0.15, -0.1) is 0 Å². The van der Waals surface area contributed by atoms with E-state index in [1.54, 1.807) is 13.8 Å². The van der Waals surface area contributed by atoms with Crippen molar-refractivity contribution in [3.8, 4) is 11.5 Å². The first kappa shape index (κ1) is 18.5. The molecule has 1 fully saturated rings. The van der Waals surface area contributed by atoms with Gasteiger partial charge >= 0.3 is 0 Å². The molecule has 7 nitrogen and oxygen atoms in total. The fourth-order valence-electron chi connectivity index (χ4n) is 3.90. The van der Waals surface area contributed by atoms with E-state index in [1.165, 1.54) is 0 Å². The first-order valence-corrected chi connectivity index (χ1v) is 9.94. The summed E-state index contributed by atoms with van der Waals surface area (Å²) in [5.74, 6) is 0.961. The molecule has 2 aromatic carbocycles. The highest BCUT2D eigenvalue weighted by molar-refractivity contribution is 6.02. The zero-order chi connectivity index (χ0) is 21.1. The number of hydrogen-bond donors (Lipinski definition) is 3. The molecule has 0 radical (unpaired) electrons. The number of anilines is 1. The summed E-state index contributed by atoms with van der Waals surface area (Å²) < 4.78 is 10.8. The van der Waals surface area contributed by atoms with Crippen LogP contribution in [0.4, 0.5) is 5.69 Å². The van der Waals surface area contributed by atoms with Gasteiger partial charge in [0, 0.05) is 23.7 Å². The van der Waals surface area contributed by atoms with E-state index >= 15 is 0 Å². The molecule has 2 amide bonds. The van der Waals surface area contributed by atoms with Crippen LogP contribution in [-0.4, -0.2) is 23.6 Å². The third-order valence-corrected chi connectivity index (χ3v) is 6.28. The number of carbonyl (C=O) groups excluding carboxylic acids is 2. The molecule has 1 aromatic heterocycles. The molecule has 5 rings (SSSR count). The summed E-state index contributed by atoms with van der Waals surface area (Å²) >= 11 is 0. The summed E-state index contributed by atoms with van der Waals surface area (Å²) in [7, 11) is 0. The number of amides is 2. The maximum absolute atomic E-state index is 13.1. The Bertz CT molecular complexity index is 1200. The predicted molar refractivity (Wildman–Crippen MR) is 115 cm³/mol. The predicted octanol–water partition coefficient (Wildman–Crippen LogP) is 3.58. The number of nitrogens with one attached hydrogen (secondary N) is 2. The highest BCUT2D eigenvalue weighted by Crippen LogP contribution is 2.51. The number of rotatable bonds is 5. The van der Waals surface area contributed by atoms with Gasteiger partial charge in [0.05, 0.1) is 10.8 Å². The Kier molecular flexibility index (Phi) is 3.87. The fourth-order valence-corrected chi connectivity index (χ4v) is 3.90.